The van der Waals surface area contributed by atoms with E-state index in [1.54, 1.807) is 0 Å². The SMILES string of the molecule is c1ccc(-n2c3ccccc3c3cc4c(cc32)c2cc(-c3cc5c(s3)c3sc(-c6cccc(-c7ccncc7)c6)cc3n5-c3ccccc3)ccc2n4-c2ccccc2)cc1. The summed E-state index contributed by atoms with van der Waals surface area (Å²) in [6.45, 7) is 0. The highest BCUT2D eigenvalue weighted by Gasteiger charge is 2.22. The van der Waals surface area contributed by atoms with E-state index in [-0.39, 0.29) is 0 Å². The molecule has 0 atom stereocenters. The summed E-state index contributed by atoms with van der Waals surface area (Å²) in [6, 6.07) is 70.9. The lowest BCUT2D eigenvalue weighted by Gasteiger charge is -2.09. The van der Waals surface area contributed by atoms with Crippen molar-refractivity contribution >= 4 is 86.7 Å². The van der Waals surface area contributed by atoms with Gasteiger partial charge in [-0.05, 0) is 119 Å². The van der Waals surface area contributed by atoms with E-state index in [0.29, 0.717) is 0 Å². The Morgan fingerprint density at radius 2 is 0.770 bits per heavy atom. The minimum atomic E-state index is 1.15. The second kappa shape index (κ2) is 13.5. The number of benzene rings is 7. The van der Waals surface area contributed by atoms with Gasteiger partial charge in [-0.3, -0.25) is 4.98 Å². The first-order valence-corrected chi connectivity index (χ1v) is 22.2. The van der Waals surface area contributed by atoms with Crippen LogP contribution in [0.4, 0.5) is 0 Å². The molecule has 0 saturated carbocycles. The number of para-hydroxylation sites is 4. The summed E-state index contributed by atoms with van der Waals surface area (Å²) in [7, 11) is 0. The lowest BCUT2D eigenvalue weighted by atomic mass is 10.0. The highest BCUT2D eigenvalue weighted by atomic mass is 32.1. The standard InChI is InChI=1S/C55H34N4S2/c1-4-15-39(16-5-1)57-46-22-11-10-21-42(46)44-31-49-45(32-48(44)57)43-30-38(23-24-47(43)58(49)40-17-6-2-7-18-40)53-34-51-55(61-53)54-50(59(51)41-19-8-3-9-20-41)33-52(60-54)37-14-12-13-36(29-37)35-25-27-56-28-26-35/h1-34H. The molecule has 6 heteroatoms. The largest absolute Gasteiger partial charge is 0.309 e. The van der Waals surface area contributed by atoms with Gasteiger partial charge in [0.2, 0.25) is 0 Å². The van der Waals surface area contributed by atoms with Gasteiger partial charge in [-0.25, -0.2) is 0 Å². The summed E-state index contributed by atoms with van der Waals surface area (Å²) < 4.78 is 9.95. The van der Waals surface area contributed by atoms with Crippen LogP contribution in [-0.2, 0) is 0 Å². The molecule has 0 fully saturated rings. The number of hydrogen-bond donors (Lipinski definition) is 0. The van der Waals surface area contributed by atoms with Crippen molar-refractivity contribution in [3.8, 4) is 49.1 Å². The Morgan fingerprint density at radius 1 is 0.295 bits per heavy atom. The van der Waals surface area contributed by atoms with Crippen LogP contribution < -0.4 is 0 Å². The van der Waals surface area contributed by atoms with Gasteiger partial charge in [0, 0.05) is 60.8 Å². The molecule has 13 rings (SSSR count). The molecule has 0 N–H and O–H groups in total. The van der Waals surface area contributed by atoms with Crippen LogP contribution >= 0.6 is 22.7 Å². The molecular weight excluding hydrogens is 781 g/mol. The van der Waals surface area contributed by atoms with Crippen LogP contribution in [0.3, 0.4) is 0 Å². The van der Waals surface area contributed by atoms with Gasteiger partial charge in [0.25, 0.3) is 0 Å². The fraction of sp³-hybridized carbons (Fsp3) is 0. The second-order valence-corrected chi connectivity index (χ2v) is 17.7. The third-order valence-electron chi connectivity index (χ3n) is 12.2. The van der Waals surface area contributed by atoms with Crippen LogP contribution in [0.1, 0.15) is 0 Å². The molecule has 4 nitrogen and oxygen atoms in total. The van der Waals surface area contributed by atoms with Gasteiger partial charge < -0.3 is 13.7 Å². The zero-order valence-corrected chi connectivity index (χ0v) is 34.4. The summed E-state index contributed by atoms with van der Waals surface area (Å²) in [5.41, 5.74) is 15.6. The molecule has 0 aliphatic carbocycles. The van der Waals surface area contributed by atoms with Gasteiger partial charge in [0.05, 0.1) is 42.5 Å². The topological polar surface area (TPSA) is 27.7 Å². The third kappa shape index (κ3) is 5.33. The first-order valence-electron chi connectivity index (χ1n) is 20.5. The average Bonchev–Trinajstić information content (AvgIpc) is 4.14. The van der Waals surface area contributed by atoms with Gasteiger partial charge in [-0.2, -0.15) is 0 Å². The second-order valence-electron chi connectivity index (χ2n) is 15.6. The summed E-state index contributed by atoms with van der Waals surface area (Å²) in [5.74, 6) is 0. The van der Waals surface area contributed by atoms with Crippen LogP contribution in [0, 0.1) is 0 Å². The fourth-order valence-corrected chi connectivity index (χ4v) is 11.9. The molecule has 61 heavy (non-hydrogen) atoms. The third-order valence-corrected chi connectivity index (χ3v) is 14.7. The zero-order chi connectivity index (χ0) is 40.0. The quantitative estimate of drug-likeness (QED) is 0.164. The number of pyridine rings is 1. The molecule has 0 amide bonds. The normalized spacial score (nSPS) is 11.9. The first kappa shape index (κ1) is 34.4. The molecule has 7 aromatic carbocycles. The lowest BCUT2D eigenvalue weighted by molar-refractivity contribution is 1.17. The van der Waals surface area contributed by atoms with E-state index in [0.717, 1.165) is 11.4 Å². The van der Waals surface area contributed by atoms with Crippen molar-refractivity contribution in [1.82, 2.24) is 18.7 Å². The van der Waals surface area contributed by atoms with Crippen LogP contribution in [-0.4, -0.2) is 18.7 Å². The minimum Gasteiger partial charge on any atom is -0.309 e. The minimum absolute atomic E-state index is 1.15. The molecule has 286 valence electrons. The van der Waals surface area contributed by atoms with E-state index in [2.05, 4.69) is 213 Å². The summed E-state index contributed by atoms with van der Waals surface area (Å²) in [4.78, 5) is 6.76. The number of hydrogen-bond acceptors (Lipinski definition) is 3. The monoisotopic (exact) mass is 814 g/mol. The van der Waals surface area contributed by atoms with E-state index in [4.69, 9.17) is 0 Å². The van der Waals surface area contributed by atoms with E-state index in [1.807, 2.05) is 35.1 Å². The van der Waals surface area contributed by atoms with E-state index in [9.17, 15) is 0 Å². The maximum Gasteiger partial charge on any atom is 0.0711 e. The van der Waals surface area contributed by atoms with Crippen molar-refractivity contribution in [2.24, 2.45) is 0 Å². The lowest BCUT2D eigenvalue weighted by Crippen LogP contribution is -1.94. The summed E-state index contributed by atoms with van der Waals surface area (Å²) in [5, 5.41) is 4.98. The number of thiophene rings is 2. The van der Waals surface area contributed by atoms with E-state index < -0.39 is 0 Å². The molecule has 0 unspecified atom stereocenters. The van der Waals surface area contributed by atoms with Crippen LogP contribution in [0.5, 0.6) is 0 Å². The van der Waals surface area contributed by atoms with Crippen LogP contribution in [0.2, 0.25) is 0 Å². The van der Waals surface area contributed by atoms with Crippen LogP contribution in [0.15, 0.2) is 207 Å². The molecule has 13 aromatic rings. The van der Waals surface area contributed by atoms with Crippen molar-refractivity contribution in [1.29, 1.82) is 0 Å². The maximum atomic E-state index is 4.24. The molecule has 0 aliphatic heterocycles. The number of rotatable bonds is 6. The molecule has 6 aromatic heterocycles. The van der Waals surface area contributed by atoms with Gasteiger partial charge in [0.1, 0.15) is 0 Å². The Balaban J connectivity index is 1.03. The number of fused-ring (bicyclic) bond motifs is 9. The van der Waals surface area contributed by atoms with E-state index >= 15 is 0 Å². The van der Waals surface area contributed by atoms with Crippen molar-refractivity contribution in [3.05, 3.63) is 207 Å². The molecule has 0 spiro atoms. The Morgan fingerprint density at radius 3 is 1.38 bits per heavy atom. The molecule has 6 heterocycles. The summed E-state index contributed by atoms with van der Waals surface area (Å²) >= 11 is 3.78. The van der Waals surface area contributed by atoms with Gasteiger partial charge in [0.15, 0.2) is 0 Å². The van der Waals surface area contributed by atoms with Crippen molar-refractivity contribution in [2.75, 3.05) is 0 Å². The average molecular weight is 815 g/mol. The maximum absolute atomic E-state index is 4.24. The van der Waals surface area contributed by atoms with Crippen molar-refractivity contribution in [2.45, 2.75) is 0 Å². The van der Waals surface area contributed by atoms with Crippen molar-refractivity contribution in [3.63, 3.8) is 0 Å². The number of nitrogens with zero attached hydrogens (tertiary/aromatic N) is 4. The molecule has 0 bridgehead atoms. The molecule has 0 saturated heterocycles. The Hall–Kier alpha value is -7.51. The van der Waals surface area contributed by atoms with Gasteiger partial charge in [-0.15, -0.1) is 22.7 Å². The first-order chi connectivity index (χ1) is 30.2. The van der Waals surface area contributed by atoms with Crippen LogP contribution in [0.25, 0.3) is 113 Å². The summed E-state index contributed by atoms with van der Waals surface area (Å²) in [6.07, 6.45) is 3.72. The Labute approximate surface area is 359 Å². The van der Waals surface area contributed by atoms with Crippen molar-refractivity contribution < 1.29 is 0 Å². The predicted molar refractivity (Wildman–Crippen MR) is 259 cm³/mol. The number of aromatic nitrogens is 4. The Kier molecular flexibility index (Phi) is 7.61. The zero-order valence-electron chi connectivity index (χ0n) is 32.7. The van der Waals surface area contributed by atoms with Gasteiger partial charge in [-0.1, -0.05) is 97.1 Å². The Bertz CT molecular complexity index is 3800. The smallest absolute Gasteiger partial charge is 0.0711 e. The highest BCUT2D eigenvalue weighted by molar-refractivity contribution is 7.30. The molecule has 0 radical (unpaired) electrons. The predicted octanol–water partition coefficient (Wildman–Crippen LogP) is 15.5. The highest BCUT2D eigenvalue weighted by Crippen LogP contribution is 2.48. The molecule has 0 aliphatic rings. The molecular formula is C55H34N4S2. The van der Waals surface area contributed by atoms with E-state index in [1.165, 1.54) is 102 Å². The fourth-order valence-electron chi connectivity index (χ4n) is 9.43. The van der Waals surface area contributed by atoms with Gasteiger partial charge >= 0.3 is 0 Å².